The first-order chi connectivity index (χ1) is 32.1. The molecule has 0 saturated carbocycles. The van der Waals surface area contributed by atoms with E-state index in [4.69, 9.17) is 33.2 Å². The topological polar surface area (TPSA) is 108 Å². The van der Waals surface area contributed by atoms with E-state index in [0.717, 1.165) is 33.4 Å². The van der Waals surface area contributed by atoms with Gasteiger partial charge in [0.05, 0.1) is 56.7 Å². The second-order valence-corrected chi connectivity index (χ2v) is 15.7. The van der Waals surface area contributed by atoms with Crippen molar-refractivity contribution in [2.75, 3.05) is 19.8 Å². The molecule has 0 aliphatic carbocycles. The molecule has 0 unspecified atom stereocenters. The Morgan fingerprint density at radius 1 is 0.462 bits per heavy atom. The third-order valence-corrected chi connectivity index (χ3v) is 11.4. The van der Waals surface area contributed by atoms with Crippen LogP contribution in [0.3, 0.4) is 0 Å². The number of ether oxygens (including phenoxy) is 7. The predicted octanol–water partition coefficient (Wildman–Crippen LogP) is 10.6. The van der Waals surface area contributed by atoms with Crippen LogP contribution < -0.4 is 0 Å². The zero-order chi connectivity index (χ0) is 44.5. The summed E-state index contributed by atoms with van der Waals surface area (Å²) in [5, 5.41) is 11.7. The fourth-order valence-corrected chi connectivity index (χ4v) is 8.21. The fourth-order valence-electron chi connectivity index (χ4n) is 8.21. The average Bonchev–Trinajstić information content (AvgIpc) is 3.37. The zero-order valence-corrected chi connectivity index (χ0v) is 36.1. The summed E-state index contributed by atoms with van der Waals surface area (Å²) in [5.74, 6) is 0. The maximum Gasteiger partial charge on any atom is 0.274 e. The molecule has 0 radical (unpaired) electrons. The molecule has 8 rings (SSSR count). The van der Waals surface area contributed by atoms with Crippen molar-refractivity contribution in [1.82, 2.24) is 0 Å². The van der Waals surface area contributed by atoms with Crippen LogP contribution in [0.5, 0.6) is 0 Å². The highest BCUT2D eigenvalue weighted by Crippen LogP contribution is 2.42. The van der Waals surface area contributed by atoms with Crippen LogP contribution in [-0.4, -0.2) is 55.4 Å². The summed E-state index contributed by atoms with van der Waals surface area (Å²) in [6.45, 7) is 1.10. The van der Waals surface area contributed by atoms with Crippen molar-refractivity contribution in [3.8, 4) is 0 Å². The highest BCUT2D eigenvalue weighted by molar-refractivity contribution is 5.47. The molecule has 1 saturated heterocycles. The standard InChI is InChI=1S/C55H53NO9/c57-56(58)49-34-20-19-27-45(49)40-59-35-36-60-54-53(63-39-44-25-11-3-12-26-44)52(62-38-43-23-9-2-10-24-43)51(61-37-42-21-7-1-8-22-42)50(65-54)41-64-55(46-28-13-4-14-29-46,47-30-15-5-16-31-47)48-32-17-6-18-33-48/h1-34,50-54H,35-41H2/t50-,51-,52+,53-,54-/m1/s1. The van der Waals surface area contributed by atoms with Gasteiger partial charge >= 0.3 is 0 Å². The zero-order valence-electron chi connectivity index (χ0n) is 36.1. The molecule has 0 bridgehead atoms. The molecule has 332 valence electrons. The quantitative estimate of drug-likeness (QED) is 0.0285. The third kappa shape index (κ3) is 11.7. The second kappa shape index (κ2) is 23.0. The number of nitro benzene ring substituents is 1. The van der Waals surface area contributed by atoms with Crippen molar-refractivity contribution in [1.29, 1.82) is 0 Å². The minimum absolute atomic E-state index is 0.00112. The number of rotatable bonds is 22. The van der Waals surface area contributed by atoms with Crippen LogP contribution in [0.2, 0.25) is 0 Å². The normalized spacial score (nSPS) is 18.6. The van der Waals surface area contributed by atoms with E-state index in [1.165, 1.54) is 6.07 Å². The molecule has 7 aromatic rings. The fraction of sp³-hybridized carbons (Fsp3) is 0.236. The van der Waals surface area contributed by atoms with E-state index in [9.17, 15) is 10.1 Å². The molecule has 1 heterocycles. The van der Waals surface area contributed by atoms with E-state index in [1.54, 1.807) is 18.2 Å². The Hall–Kier alpha value is -6.34. The van der Waals surface area contributed by atoms with Gasteiger partial charge in [0.25, 0.3) is 5.69 Å². The predicted molar refractivity (Wildman–Crippen MR) is 248 cm³/mol. The summed E-state index contributed by atoms with van der Waals surface area (Å²) < 4.78 is 47.8. The van der Waals surface area contributed by atoms with E-state index in [-0.39, 0.29) is 51.9 Å². The number of nitro groups is 1. The van der Waals surface area contributed by atoms with Crippen molar-refractivity contribution in [2.45, 2.75) is 62.7 Å². The molecule has 10 nitrogen and oxygen atoms in total. The molecule has 0 N–H and O–H groups in total. The van der Waals surface area contributed by atoms with Crippen LogP contribution in [-0.2, 0) is 65.2 Å². The Kier molecular flexibility index (Phi) is 16.0. The molecular formula is C55H53NO9. The second-order valence-electron chi connectivity index (χ2n) is 15.7. The molecule has 10 heteroatoms. The minimum Gasteiger partial charge on any atom is -0.374 e. The Labute approximate surface area is 380 Å². The maximum absolute atomic E-state index is 11.7. The summed E-state index contributed by atoms with van der Waals surface area (Å²) >= 11 is 0. The number of hydrogen-bond acceptors (Lipinski definition) is 9. The van der Waals surface area contributed by atoms with Gasteiger partial charge in [0.15, 0.2) is 6.29 Å². The van der Waals surface area contributed by atoms with E-state index in [0.29, 0.717) is 5.56 Å². The number of para-hydroxylation sites is 1. The summed E-state index contributed by atoms with van der Waals surface area (Å²) in [6.07, 6.45) is -3.94. The van der Waals surface area contributed by atoms with Gasteiger partial charge in [-0.2, -0.15) is 0 Å². The van der Waals surface area contributed by atoms with Crippen LogP contribution >= 0.6 is 0 Å². The molecule has 7 aromatic carbocycles. The van der Waals surface area contributed by atoms with Gasteiger partial charge in [-0.05, 0) is 39.4 Å². The Balaban J connectivity index is 1.16. The van der Waals surface area contributed by atoms with Gasteiger partial charge in [-0.15, -0.1) is 0 Å². The lowest BCUT2D eigenvalue weighted by Gasteiger charge is -2.47. The van der Waals surface area contributed by atoms with Crippen LogP contribution in [0.1, 0.15) is 38.9 Å². The number of hydrogen-bond donors (Lipinski definition) is 0. The molecular weight excluding hydrogens is 819 g/mol. The molecule has 0 amide bonds. The first kappa shape index (κ1) is 45.2. The van der Waals surface area contributed by atoms with Gasteiger partial charge in [0.1, 0.15) is 30.0 Å². The SMILES string of the molecule is O=[N+]([O-])c1ccccc1COCCO[C@@H]1O[C@H](COC(c2ccccc2)(c2ccccc2)c2ccccc2)[C@@H](OCc2ccccc2)[C@H](OCc2ccccc2)[C@H]1OCc1ccccc1. The summed E-state index contributed by atoms with van der Waals surface area (Å²) in [6, 6.07) is 67.1. The van der Waals surface area contributed by atoms with Gasteiger partial charge in [-0.1, -0.05) is 194 Å². The first-order valence-electron chi connectivity index (χ1n) is 21.9. The number of benzene rings is 7. The largest absolute Gasteiger partial charge is 0.374 e. The highest BCUT2D eigenvalue weighted by Gasteiger charge is 2.50. The van der Waals surface area contributed by atoms with E-state index in [1.807, 2.05) is 146 Å². The van der Waals surface area contributed by atoms with Gasteiger partial charge in [-0.25, -0.2) is 0 Å². The molecule has 1 aliphatic rings. The molecule has 1 aliphatic heterocycles. The van der Waals surface area contributed by atoms with Gasteiger partial charge in [0.2, 0.25) is 0 Å². The van der Waals surface area contributed by atoms with E-state index < -0.39 is 41.2 Å². The van der Waals surface area contributed by atoms with E-state index >= 15 is 0 Å². The number of nitrogens with zero attached hydrogens (tertiary/aromatic N) is 1. The minimum atomic E-state index is -1.05. The average molecular weight is 872 g/mol. The van der Waals surface area contributed by atoms with Crippen molar-refractivity contribution in [3.05, 3.63) is 255 Å². The molecule has 5 atom stereocenters. The summed E-state index contributed by atoms with van der Waals surface area (Å²) in [7, 11) is 0. The first-order valence-corrected chi connectivity index (χ1v) is 21.9. The Morgan fingerprint density at radius 2 is 0.877 bits per heavy atom. The van der Waals surface area contributed by atoms with Gasteiger partial charge < -0.3 is 33.2 Å². The Morgan fingerprint density at radius 3 is 1.35 bits per heavy atom. The third-order valence-electron chi connectivity index (χ3n) is 11.4. The summed E-state index contributed by atoms with van der Waals surface area (Å²) in [5.41, 5.74) is 5.18. The van der Waals surface area contributed by atoms with E-state index in [2.05, 4.69) is 36.4 Å². The van der Waals surface area contributed by atoms with Gasteiger partial charge in [0, 0.05) is 6.07 Å². The smallest absolute Gasteiger partial charge is 0.274 e. The monoisotopic (exact) mass is 871 g/mol. The maximum atomic E-state index is 11.7. The van der Waals surface area contributed by atoms with Gasteiger partial charge in [-0.3, -0.25) is 10.1 Å². The molecule has 0 aromatic heterocycles. The lowest BCUT2D eigenvalue weighted by atomic mass is 9.80. The van der Waals surface area contributed by atoms with Crippen LogP contribution in [0, 0.1) is 10.1 Å². The van der Waals surface area contributed by atoms with Crippen LogP contribution in [0.15, 0.2) is 206 Å². The van der Waals surface area contributed by atoms with Crippen LogP contribution in [0.25, 0.3) is 0 Å². The van der Waals surface area contributed by atoms with Crippen LogP contribution in [0.4, 0.5) is 5.69 Å². The molecule has 65 heavy (non-hydrogen) atoms. The van der Waals surface area contributed by atoms with Crippen molar-refractivity contribution in [2.24, 2.45) is 0 Å². The molecule has 0 spiro atoms. The lowest BCUT2D eigenvalue weighted by molar-refractivity contribution is -0.386. The molecule has 1 fully saturated rings. The highest BCUT2D eigenvalue weighted by atomic mass is 16.7. The lowest BCUT2D eigenvalue weighted by Crippen LogP contribution is -2.62. The van der Waals surface area contributed by atoms with Crippen molar-refractivity contribution >= 4 is 5.69 Å². The summed E-state index contributed by atoms with van der Waals surface area (Å²) in [4.78, 5) is 11.3. The van der Waals surface area contributed by atoms with Crippen molar-refractivity contribution in [3.63, 3.8) is 0 Å². The Bertz CT molecular complexity index is 2370. The van der Waals surface area contributed by atoms with Crippen molar-refractivity contribution < 1.29 is 38.1 Å².